The molecule has 0 radical (unpaired) electrons. The second-order valence-corrected chi connectivity index (χ2v) is 7.98. The smallest absolute Gasteiger partial charge is 0.262 e. The normalized spacial score (nSPS) is 15.3. The Kier molecular flexibility index (Phi) is 5.71. The fourth-order valence-corrected chi connectivity index (χ4v) is 4.00. The molecule has 2 heterocycles. The number of nitrogens with one attached hydrogen (secondary N) is 1. The first-order valence-corrected chi connectivity index (χ1v) is 9.73. The Morgan fingerprint density at radius 2 is 1.73 bits per heavy atom. The molecule has 138 valence electrons. The molecule has 1 aliphatic heterocycles. The highest BCUT2D eigenvalue weighted by molar-refractivity contribution is 7.17. The van der Waals surface area contributed by atoms with Crippen LogP contribution in [0.15, 0.2) is 36.4 Å². The van der Waals surface area contributed by atoms with Crippen LogP contribution in [0, 0.1) is 11.7 Å². The van der Waals surface area contributed by atoms with Crippen LogP contribution in [-0.2, 0) is 4.79 Å². The Balaban J connectivity index is 1.71. The fourth-order valence-electron chi connectivity index (χ4n) is 3.09. The molecule has 0 spiro atoms. The van der Waals surface area contributed by atoms with Crippen molar-refractivity contribution < 1.29 is 14.0 Å². The molecule has 4 nitrogen and oxygen atoms in total. The molecule has 2 aromatic rings. The van der Waals surface area contributed by atoms with Crippen LogP contribution in [0.1, 0.15) is 36.4 Å². The van der Waals surface area contributed by atoms with Crippen molar-refractivity contribution in [2.75, 3.05) is 13.1 Å². The molecule has 0 saturated carbocycles. The van der Waals surface area contributed by atoms with Crippen LogP contribution in [-0.4, -0.2) is 35.8 Å². The maximum atomic E-state index is 13.1. The van der Waals surface area contributed by atoms with Gasteiger partial charge in [-0.2, -0.15) is 0 Å². The zero-order valence-electron chi connectivity index (χ0n) is 15.0. The van der Waals surface area contributed by atoms with Crippen LogP contribution < -0.4 is 5.32 Å². The number of thiophene rings is 1. The summed E-state index contributed by atoms with van der Waals surface area (Å²) in [6, 6.07) is 9.26. The van der Waals surface area contributed by atoms with Gasteiger partial charge in [-0.1, -0.05) is 26.0 Å². The van der Waals surface area contributed by atoms with Crippen LogP contribution in [0.4, 0.5) is 4.39 Å². The Morgan fingerprint density at radius 1 is 1.08 bits per heavy atom. The molecule has 3 rings (SSSR count). The summed E-state index contributed by atoms with van der Waals surface area (Å²) in [4.78, 5) is 28.6. The van der Waals surface area contributed by atoms with Gasteiger partial charge in [0.15, 0.2) is 0 Å². The van der Waals surface area contributed by atoms with E-state index in [1.807, 2.05) is 24.8 Å². The van der Waals surface area contributed by atoms with Crippen molar-refractivity contribution in [3.8, 4) is 10.4 Å². The second kappa shape index (κ2) is 7.99. The van der Waals surface area contributed by atoms with E-state index in [-0.39, 0.29) is 23.5 Å². The van der Waals surface area contributed by atoms with E-state index in [0.29, 0.717) is 4.88 Å². The third-order valence-corrected chi connectivity index (χ3v) is 5.73. The lowest BCUT2D eigenvalue weighted by Gasteiger charge is -2.26. The quantitative estimate of drug-likeness (QED) is 0.862. The van der Waals surface area contributed by atoms with Gasteiger partial charge in [-0.3, -0.25) is 9.59 Å². The predicted octanol–water partition coefficient (Wildman–Crippen LogP) is 3.93. The zero-order valence-corrected chi connectivity index (χ0v) is 15.8. The molecule has 0 aliphatic carbocycles. The van der Waals surface area contributed by atoms with Gasteiger partial charge in [0.2, 0.25) is 5.91 Å². The third-order valence-electron chi connectivity index (χ3n) is 4.60. The van der Waals surface area contributed by atoms with Crippen molar-refractivity contribution in [3.63, 3.8) is 0 Å². The SMILES string of the molecule is CC(C)[C@H](NC(=O)c1ccc(-c2ccc(F)cc2)s1)C(=O)N1CCCC1. The minimum absolute atomic E-state index is 0.00108. The number of rotatable bonds is 5. The number of carbonyl (C=O) groups is 2. The Hall–Kier alpha value is -2.21. The van der Waals surface area contributed by atoms with Crippen molar-refractivity contribution >= 4 is 23.2 Å². The first-order valence-electron chi connectivity index (χ1n) is 8.91. The summed E-state index contributed by atoms with van der Waals surface area (Å²) in [5.41, 5.74) is 0.865. The molecular weight excluding hydrogens is 351 g/mol. The van der Waals surface area contributed by atoms with Crippen molar-refractivity contribution in [1.82, 2.24) is 10.2 Å². The number of hydrogen-bond donors (Lipinski definition) is 1. The monoisotopic (exact) mass is 374 g/mol. The molecule has 1 aliphatic rings. The lowest BCUT2D eigenvalue weighted by atomic mass is 10.0. The van der Waals surface area contributed by atoms with Gasteiger partial charge >= 0.3 is 0 Å². The number of benzene rings is 1. The molecule has 1 aromatic heterocycles. The van der Waals surface area contributed by atoms with E-state index in [2.05, 4.69) is 5.32 Å². The number of carbonyl (C=O) groups excluding carboxylic acids is 2. The summed E-state index contributed by atoms with van der Waals surface area (Å²) in [6.45, 7) is 5.42. The largest absolute Gasteiger partial charge is 0.341 e. The van der Waals surface area contributed by atoms with Gasteiger partial charge < -0.3 is 10.2 Å². The number of amides is 2. The van der Waals surface area contributed by atoms with Gasteiger partial charge in [-0.15, -0.1) is 11.3 Å². The second-order valence-electron chi connectivity index (χ2n) is 6.90. The molecule has 0 bridgehead atoms. The summed E-state index contributed by atoms with van der Waals surface area (Å²) >= 11 is 1.34. The van der Waals surface area contributed by atoms with Crippen molar-refractivity contribution in [3.05, 3.63) is 47.1 Å². The van der Waals surface area contributed by atoms with Crippen molar-refractivity contribution in [1.29, 1.82) is 0 Å². The standard InChI is InChI=1S/C20H23FN2O2S/c1-13(2)18(20(25)23-11-3-4-12-23)22-19(24)17-10-9-16(26-17)14-5-7-15(21)8-6-14/h5-10,13,18H,3-4,11-12H2,1-2H3,(H,22,24)/t18-/m0/s1. The van der Waals surface area contributed by atoms with Crippen LogP contribution in [0.25, 0.3) is 10.4 Å². The zero-order chi connectivity index (χ0) is 18.7. The van der Waals surface area contributed by atoms with E-state index in [1.54, 1.807) is 18.2 Å². The van der Waals surface area contributed by atoms with Crippen LogP contribution in [0.3, 0.4) is 0 Å². The summed E-state index contributed by atoms with van der Waals surface area (Å²) in [5.74, 6) is -0.511. The summed E-state index contributed by atoms with van der Waals surface area (Å²) in [5, 5.41) is 2.90. The van der Waals surface area contributed by atoms with Gasteiger partial charge in [0.25, 0.3) is 5.91 Å². The van der Waals surface area contributed by atoms with E-state index in [0.717, 1.165) is 36.4 Å². The van der Waals surface area contributed by atoms with E-state index >= 15 is 0 Å². The number of hydrogen-bond acceptors (Lipinski definition) is 3. The van der Waals surface area contributed by atoms with Crippen molar-refractivity contribution in [2.45, 2.75) is 32.7 Å². The summed E-state index contributed by atoms with van der Waals surface area (Å²) in [6.07, 6.45) is 2.05. The lowest BCUT2D eigenvalue weighted by molar-refractivity contribution is -0.133. The van der Waals surface area contributed by atoms with Gasteiger partial charge in [-0.25, -0.2) is 4.39 Å². The van der Waals surface area contributed by atoms with Crippen molar-refractivity contribution in [2.24, 2.45) is 5.92 Å². The Morgan fingerprint density at radius 3 is 2.35 bits per heavy atom. The average molecular weight is 374 g/mol. The minimum atomic E-state index is -0.517. The van der Waals surface area contributed by atoms with Crippen LogP contribution >= 0.6 is 11.3 Å². The molecule has 6 heteroatoms. The first-order chi connectivity index (χ1) is 12.5. The van der Waals surface area contributed by atoms with Crippen LogP contribution in [0.5, 0.6) is 0 Å². The highest BCUT2D eigenvalue weighted by atomic mass is 32.1. The summed E-state index contributed by atoms with van der Waals surface area (Å²) < 4.78 is 13.1. The molecule has 2 amide bonds. The molecule has 1 saturated heterocycles. The maximum absolute atomic E-state index is 13.1. The summed E-state index contributed by atoms with van der Waals surface area (Å²) in [7, 11) is 0. The average Bonchev–Trinajstić information content (AvgIpc) is 3.31. The lowest BCUT2D eigenvalue weighted by Crippen LogP contribution is -2.50. The van der Waals surface area contributed by atoms with E-state index < -0.39 is 6.04 Å². The van der Waals surface area contributed by atoms with E-state index in [4.69, 9.17) is 0 Å². The Bertz CT molecular complexity index is 779. The van der Waals surface area contributed by atoms with Gasteiger partial charge in [-0.05, 0) is 48.6 Å². The number of likely N-dealkylation sites (tertiary alicyclic amines) is 1. The van der Waals surface area contributed by atoms with E-state index in [1.165, 1.54) is 23.5 Å². The molecule has 1 N–H and O–H groups in total. The molecule has 26 heavy (non-hydrogen) atoms. The van der Waals surface area contributed by atoms with Gasteiger partial charge in [0.05, 0.1) is 4.88 Å². The Labute approximate surface area is 157 Å². The first kappa shape index (κ1) is 18.6. The highest BCUT2D eigenvalue weighted by Crippen LogP contribution is 2.28. The number of halogens is 1. The third kappa shape index (κ3) is 4.12. The molecule has 0 unspecified atom stereocenters. The molecule has 1 fully saturated rings. The molecular formula is C20H23FN2O2S. The fraction of sp³-hybridized carbons (Fsp3) is 0.400. The highest BCUT2D eigenvalue weighted by Gasteiger charge is 2.30. The van der Waals surface area contributed by atoms with Gasteiger partial charge in [0.1, 0.15) is 11.9 Å². The topological polar surface area (TPSA) is 49.4 Å². The van der Waals surface area contributed by atoms with E-state index in [9.17, 15) is 14.0 Å². The minimum Gasteiger partial charge on any atom is -0.341 e. The maximum Gasteiger partial charge on any atom is 0.262 e. The number of nitrogens with zero attached hydrogens (tertiary/aromatic N) is 1. The van der Waals surface area contributed by atoms with Crippen LogP contribution in [0.2, 0.25) is 0 Å². The molecule has 1 atom stereocenters. The van der Waals surface area contributed by atoms with Gasteiger partial charge in [0, 0.05) is 18.0 Å². The predicted molar refractivity (Wildman–Crippen MR) is 102 cm³/mol. The molecule has 1 aromatic carbocycles.